The molecule has 4 rings (SSSR count). The largest absolute Gasteiger partial charge is 0.337 e. The topological polar surface area (TPSA) is 55.4 Å². The van der Waals surface area contributed by atoms with Gasteiger partial charge in [0.2, 0.25) is 0 Å². The number of aryl methyl sites for hydroxylation is 2. The molecule has 7 heteroatoms. The van der Waals surface area contributed by atoms with Crippen LogP contribution in [0.1, 0.15) is 40.8 Å². The second-order valence-corrected chi connectivity index (χ2v) is 6.98. The third-order valence-electron chi connectivity index (χ3n) is 4.49. The summed E-state index contributed by atoms with van der Waals surface area (Å²) in [7, 11) is 1.83. The van der Waals surface area contributed by atoms with E-state index in [2.05, 4.69) is 21.1 Å². The lowest BCUT2D eigenvalue weighted by Crippen LogP contribution is -2.39. The number of imidazole rings is 1. The average molecular weight is 329 g/mol. The Bertz CT molecular complexity index is 861. The van der Waals surface area contributed by atoms with E-state index >= 15 is 0 Å². The van der Waals surface area contributed by atoms with Gasteiger partial charge in [-0.05, 0) is 25.8 Å². The first-order chi connectivity index (χ1) is 11.1. The van der Waals surface area contributed by atoms with E-state index in [0.29, 0.717) is 11.6 Å². The van der Waals surface area contributed by atoms with Crippen LogP contribution in [0.4, 0.5) is 0 Å². The van der Waals surface area contributed by atoms with Crippen molar-refractivity contribution in [2.24, 2.45) is 7.05 Å². The van der Waals surface area contributed by atoms with Gasteiger partial charge in [0, 0.05) is 43.8 Å². The molecule has 0 bridgehead atoms. The lowest BCUT2D eigenvalue weighted by molar-refractivity contribution is 0.0699. The summed E-state index contributed by atoms with van der Waals surface area (Å²) in [5, 5.41) is 6.33. The van der Waals surface area contributed by atoms with E-state index in [4.69, 9.17) is 4.98 Å². The molecule has 4 heterocycles. The van der Waals surface area contributed by atoms with Gasteiger partial charge in [0.05, 0.1) is 5.69 Å². The van der Waals surface area contributed by atoms with Crippen LogP contribution in [0.3, 0.4) is 0 Å². The number of fused-ring (bicyclic) bond motifs is 1. The SMILES string of the molecule is Cc1nc(C2CCCN(C(=O)c3ccn(C)n3)C2)c2sccn12. The molecule has 3 aromatic heterocycles. The van der Waals surface area contributed by atoms with E-state index in [0.717, 1.165) is 37.4 Å². The zero-order chi connectivity index (χ0) is 16.0. The molecule has 1 fully saturated rings. The van der Waals surface area contributed by atoms with Gasteiger partial charge in [0.15, 0.2) is 0 Å². The molecule has 0 aromatic carbocycles. The Balaban J connectivity index is 1.59. The molecule has 0 aliphatic carbocycles. The van der Waals surface area contributed by atoms with Gasteiger partial charge < -0.3 is 4.90 Å². The molecule has 1 aliphatic heterocycles. The van der Waals surface area contributed by atoms with Crippen molar-refractivity contribution in [3.05, 3.63) is 41.1 Å². The summed E-state index contributed by atoms with van der Waals surface area (Å²) in [6.45, 7) is 3.55. The number of carbonyl (C=O) groups is 1. The molecule has 0 spiro atoms. The highest BCUT2D eigenvalue weighted by molar-refractivity contribution is 7.15. The van der Waals surface area contributed by atoms with Crippen molar-refractivity contribution in [2.75, 3.05) is 13.1 Å². The Labute approximate surface area is 138 Å². The first-order valence-electron chi connectivity index (χ1n) is 7.84. The van der Waals surface area contributed by atoms with Gasteiger partial charge in [-0.1, -0.05) is 0 Å². The summed E-state index contributed by atoms with van der Waals surface area (Å²) in [4.78, 5) is 20.5. The number of rotatable bonds is 2. The van der Waals surface area contributed by atoms with Gasteiger partial charge in [-0.25, -0.2) is 4.98 Å². The van der Waals surface area contributed by atoms with Gasteiger partial charge in [-0.2, -0.15) is 5.10 Å². The van der Waals surface area contributed by atoms with Gasteiger partial charge in [0.1, 0.15) is 16.3 Å². The Morgan fingerprint density at radius 1 is 1.39 bits per heavy atom. The Morgan fingerprint density at radius 3 is 3.04 bits per heavy atom. The maximum absolute atomic E-state index is 12.6. The molecule has 6 nitrogen and oxygen atoms in total. The highest BCUT2D eigenvalue weighted by Gasteiger charge is 2.29. The fraction of sp³-hybridized carbons (Fsp3) is 0.438. The van der Waals surface area contributed by atoms with Crippen molar-refractivity contribution in [1.29, 1.82) is 0 Å². The van der Waals surface area contributed by atoms with Crippen molar-refractivity contribution in [1.82, 2.24) is 24.1 Å². The smallest absolute Gasteiger partial charge is 0.274 e. The Kier molecular flexibility index (Phi) is 3.45. The van der Waals surface area contributed by atoms with Crippen LogP contribution in [0.25, 0.3) is 4.83 Å². The molecule has 1 atom stereocenters. The molecule has 120 valence electrons. The first-order valence-corrected chi connectivity index (χ1v) is 8.72. The summed E-state index contributed by atoms with van der Waals surface area (Å²) in [6, 6.07) is 1.78. The maximum Gasteiger partial charge on any atom is 0.274 e. The summed E-state index contributed by atoms with van der Waals surface area (Å²) in [5.74, 6) is 1.34. The van der Waals surface area contributed by atoms with E-state index in [-0.39, 0.29) is 5.91 Å². The molecule has 3 aromatic rings. The number of aromatic nitrogens is 4. The van der Waals surface area contributed by atoms with Crippen molar-refractivity contribution >= 4 is 22.1 Å². The minimum atomic E-state index is 0.0219. The molecular formula is C16H19N5OS. The van der Waals surface area contributed by atoms with Crippen molar-refractivity contribution in [3.8, 4) is 0 Å². The standard InChI is InChI=1S/C16H19N5OS/c1-11-17-14(16-21(11)8-9-23-16)12-4-3-6-20(10-12)15(22)13-5-7-19(2)18-13/h5,7-9,12H,3-4,6,10H2,1-2H3. The number of piperidine rings is 1. The molecule has 1 saturated heterocycles. The van der Waals surface area contributed by atoms with E-state index in [1.165, 1.54) is 4.83 Å². The van der Waals surface area contributed by atoms with E-state index in [1.54, 1.807) is 22.1 Å². The maximum atomic E-state index is 12.6. The third-order valence-corrected chi connectivity index (χ3v) is 5.37. The minimum Gasteiger partial charge on any atom is -0.337 e. The fourth-order valence-electron chi connectivity index (χ4n) is 3.34. The number of hydrogen-bond acceptors (Lipinski definition) is 4. The van der Waals surface area contributed by atoms with Gasteiger partial charge >= 0.3 is 0 Å². The van der Waals surface area contributed by atoms with Crippen LogP contribution < -0.4 is 0 Å². The normalized spacial score (nSPS) is 18.7. The van der Waals surface area contributed by atoms with Gasteiger partial charge in [-0.15, -0.1) is 11.3 Å². The van der Waals surface area contributed by atoms with Crippen LogP contribution in [0.5, 0.6) is 0 Å². The number of hydrogen-bond donors (Lipinski definition) is 0. The second-order valence-electron chi connectivity index (χ2n) is 6.09. The molecule has 23 heavy (non-hydrogen) atoms. The molecule has 1 amide bonds. The van der Waals surface area contributed by atoms with Crippen molar-refractivity contribution in [2.45, 2.75) is 25.7 Å². The summed E-state index contributed by atoms with van der Waals surface area (Å²) in [6.07, 6.45) is 5.96. The van der Waals surface area contributed by atoms with Crippen LogP contribution in [0.2, 0.25) is 0 Å². The first kappa shape index (κ1) is 14.4. The van der Waals surface area contributed by atoms with E-state index in [1.807, 2.05) is 25.1 Å². The average Bonchev–Trinajstić information content (AvgIpc) is 3.25. The third kappa shape index (κ3) is 2.45. The lowest BCUT2D eigenvalue weighted by atomic mass is 9.95. The predicted octanol–water partition coefficient (Wildman–Crippen LogP) is 2.46. The van der Waals surface area contributed by atoms with Crippen LogP contribution >= 0.6 is 11.3 Å². The highest BCUT2D eigenvalue weighted by atomic mass is 32.1. The Hall–Kier alpha value is -2.15. The zero-order valence-electron chi connectivity index (χ0n) is 13.3. The van der Waals surface area contributed by atoms with E-state index < -0.39 is 0 Å². The Morgan fingerprint density at radius 2 is 2.26 bits per heavy atom. The van der Waals surface area contributed by atoms with Crippen LogP contribution in [0, 0.1) is 6.92 Å². The highest BCUT2D eigenvalue weighted by Crippen LogP contribution is 2.32. The number of amides is 1. The lowest BCUT2D eigenvalue weighted by Gasteiger charge is -2.31. The molecular weight excluding hydrogens is 310 g/mol. The molecule has 0 radical (unpaired) electrons. The fourth-order valence-corrected chi connectivity index (χ4v) is 4.29. The predicted molar refractivity (Wildman–Crippen MR) is 88.9 cm³/mol. The quantitative estimate of drug-likeness (QED) is 0.726. The molecule has 1 unspecified atom stereocenters. The number of thiazole rings is 1. The monoisotopic (exact) mass is 329 g/mol. The molecule has 0 N–H and O–H groups in total. The number of likely N-dealkylation sites (tertiary alicyclic amines) is 1. The van der Waals surface area contributed by atoms with Crippen LogP contribution in [-0.4, -0.2) is 43.1 Å². The van der Waals surface area contributed by atoms with E-state index in [9.17, 15) is 4.79 Å². The summed E-state index contributed by atoms with van der Waals surface area (Å²) in [5.41, 5.74) is 1.66. The molecule has 0 saturated carbocycles. The van der Waals surface area contributed by atoms with Gasteiger partial charge in [0.25, 0.3) is 5.91 Å². The molecule has 1 aliphatic rings. The second kappa shape index (κ2) is 5.49. The van der Waals surface area contributed by atoms with Crippen molar-refractivity contribution in [3.63, 3.8) is 0 Å². The number of nitrogens with zero attached hydrogens (tertiary/aromatic N) is 5. The minimum absolute atomic E-state index is 0.0219. The number of carbonyl (C=O) groups excluding carboxylic acids is 1. The summed E-state index contributed by atoms with van der Waals surface area (Å²) >= 11 is 1.72. The van der Waals surface area contributed by atoms with Crippen molar-refractivity contribution < 1.29 is 4.79 Å². The van der Waals surface area contributed by atoms with Crippen LogP contribution in [-0.2, 0) is 7.05 Å². The zero-order valence-corrected chi connectivity index (χ0v) is 14.1. The van der Waals surface area contributed by atoms with Gasteiger partial charge in [-0.3, -0.25) is 13.9 Å². The van der Waals surface area contributed by atoms with Crippen LogP contribution in [0.15, 0.2) is 23.8 Å². The summed E-state index contributed by atoms with van der Waals surface area (Å²) < 4.78 is 3.81.